The van der Waals surface area contributed by atoms with Crippen molar-refractivity contribution in [3.8, 4) is 0 Å². The lowest BCUT2D eigenvalue weighted by Gasteiger charge is -2.33. The molecule has 2 heterocycles. The lowest BCUT2D eigenvalue weighted by Crippen LogP contribution is -2.55. The second-order valence-electron chi connectivity index (χ2n) is 10.4. The van der Waals surface area contributed by atoms with Crippen molar-refractivity contribution >= 4 is 41.1 Å². The van der Waals surface area contributed by atoms with E-state index in [1.165, 1.54) is 28.9 Å². The second-order valence-corrected chi connectivity index (χ2v) is 12.4. The van der Waals surface area contributed by atoms with Gasteiger partial charge >= 0.3 is 0 Å². The molecule has 4 N–H and O–H groups in total. The van der Waals surface area contributed by atoms with Gasteiger partial charge in [-0.3, -0.25) is 19.4 Å². The summed E-state index contributed by atoms with van der Waals surface area (Å²) < 4.78 is -0.595. The highest BCUT2D eigenvalue weighted by molar-refractivity contribution is 8.00. The summed E-state index contributed by atoms with van der Waals surface area (Å²) in [6.45, 7) is 6.11. The maximum Gasteiger partial charge on any atom is 0.253 e. The molecular formula is C30H33ClN4O4S. The molecule has 2 aromatic carbocycles. The Balaban J connectivity index is 1.63. The lowest BCUT2D eigenvalue weighted by atomic mass is 9.88. The molecule has 10 heteroatoms. The van der Waals surface area contributed by atoms with Crippen LogP contribution in [0.2, 0.25) is 5.02 Å². The third kappa shape index (κ3) is 6.32. The van der Waals surface area contributed by atoms with Gasteiger partial charge in [0, 0.05) is 23.4 Å². The number of benzene rings is 2. The van der Waals surface area contributed by atoms with Crippen molar-refractivity contribution in [3.63, 3.8) is 0 Å². The maximum absolute atomic E-state index is 13.9. The zero-order chi connectivity index (χ0) is 29.0. The van der Waals surface area contributed by atoms with Crippen LogP contribution < -0.4 is 11.1 Å². The summed E-state index contributed by atoms with van der Waals surface area (Å²) in [5.41, 5.74) is 8.61. The van der Waals surface area contributed by atoms with Crippen molar-refractivity contribution in [2.45, 2.75) is 56.5 Å². The van der Waals surface area contributed by atoms with Gasteiger partial charge in [-0.1, -0.05) is 66.2 Å². The van der Waals surface area contributed by atoms with Crippen LogP contribution in [-0.2, 0) is 22.6 Å². The molecule has 3 aromatic rings. The van der Waals surface area contributed by atoms with Crippen molar-refractivity contribution in [3.05, 3.63) is 99.8 Å². The number of carbonyl (C=O) groups excluding carboxylic acids is 3. The fraction of sp³-hybridized carbons (Fsp3) is 0.333. The van der Waals surface area contributed by atoms with Crippen molar-refractivity contribution in [1.82, 2.24) is 15.2 Å². The van der Waals surface area contributed by atoms with E-state index in [0.29, 0.717) is 6.54 Å². The van der Waals surface area contributed by atoms with Gasteiger partial charge in [-0.25, -0.2) is 0 Å². The van der Waals surface area contributed by atoms with Crippen LogP contribution in [-0.4, -0.2) is 55.5 Å². The molecule has 3 amide bonds. The molecule has 1 aliphatic rings. The first kappa shape index (κ1) is 29.6. The van der Waals surface area contributed by atoms with Crippen LogP contribution in [0.4, 0.5) is 0 Å². The van der Waals surface area contributed by atoms with Crippen LogP contribution in [0.5, 0.6) is 0 Å². The van der Waals surface area contributed by atoms with Crippen molar-refractivity contribution in [1.29, 1.82) is 0 Å². The number of thioether (sulfide) groups is 1. The number of aryl methyl sites for hydroxylation is 1. The number of nitrogens with two attached hydrogens (primary N) is 1. The topological polar surface area (TPSA) is 126 Å². The van der Waals surface area contributed by atoms with Gasteiger partial charge in [0.25, 0.3) is 5.91 Å². The predicted molar refractivity (Wildman–Crippen MR) is 157 cm³/mol. The van der Waals surface area contributed by atoms with E-state index in [9.17, 15) is 19.5 Å². The Bertz CT molecular complexity index is 1400. The van der Waals surface area contributed by atoms with Gasteiger partial charge in [-0.05, 0) is 49.9 Å². The summed E-state index contributed by atoms with van der Waals surface area (Å²) in [5, 5.41) is 14.5. The van der Waals surface area contributed by atoms with Crippen LogP contribution in [0.1, 0.15) is 52.5 Å². The van der Waals surface area contributed by atoms with Crippen LogP contribution in [0.3, 0.4) is 0 Å². The minimum atomic E-state index is -1.59. The third-order valence-electron chi connectivity index (χ3n) is 7.26. The number of hydrogen-bond acceptors (Lipinski definition) is 6. The molecule has 1 aliphatic heterocycles. The van der Waals surface area contributed by atoms with Gasteiger partial charge in [-0.15, -0.1) is 11.8 Å². The number of carbonyl (C=O) groups is 3. The molecule has 210 valence electrons. The van der Waals surface area contributed by atoms with E-state index in [0.717, 1.165) is 16.7 Å². The smallest absolute Gasteiger partial charge is 0.253 e. The summed E-state index contributed by atoms with van der Waals surface area (Å²) in [5.74, 6) is -2.32. The summed E-state index contributed by atoms with van der Waals surface area (Å²) >= 11 is 8.01. The van der Waals surface area contributed by atoms with Crippen molar-refractivity contribution in [2.24, 2.45) is 5.73 Å². The first-order chi connectivity index (χ1) is 19.0. The minimum absolute atomic E-state index is 0.00793. The SMILES string of the molecule is Cc1ccccc1CNC(=O)[C@H]1N(C(=O)[C@@H](O)[C@@H](Cc2ccccc2)c2nccc(C(N)=O)c2Cl)CSC1(C)C. The Morgan fingerprint density at radius 3 is 2.50 bits per heavy atom. The summed E-state index contributed by atoms with van der Waals surface area (Å²) in [6.07, 6.45) is 0.0131. The summed E-state index contributed by atoms with van der Waals surface area (Å²) in [7, 11) is 0. The molecule has 0 unspecified atom stereocenters. The quantitative estimate of drug-likeness (QED) is 0.353. The van der Waals surface area contributed by atoms with Crippen LogP contribution in [0.25, 0.3) is 0 Å². The van der Waals surface area contributed by atoms with Crippen LogP contribution >= 0.6 is 23.4 Å². The Hall–Kier alpha value is -3.40. The highest BCUT2D eigenvalue weighted by Crippen LogP contribution is 2.41. The van der Waals surface area contributed by atoms with Gasteiger partial charge in [0.05, 0.1) is 22.2 Å². The first-order valence-corrected chi connectivity index (χ1v) is 14.3. The Morgan fingerprint density at radius 2 is 1.82 bits per heavy atom. The van der Waals surface area contributed by atoms with E-state index >= 15 is 0 Å². The molecule has 0 radical (unpaired) electrons. The van der Waals surface area contributed by atoms with E-state index in [1.807, 2.05) is 75.4 Å². The summed E-state index contributed by atoms with van der Waals surface area (Å²) in [6, 6.07) is 17.7. The number of aromatic nitrogens is 1. The van der Waals surface area contributed by atoms with Gasteiger partial charge in [0.1, 0.15) is 12.1 Å². The molecule has 1 fully saturated rings. The van der Waals surface area contributed by atoms with Gasteiger partial charge in [0.2, 0.25) is 11.8 Å². The van der Waals surface area contributed by atoms with Crippen molar-refractivity contribution < 1.29 is 19.5 Å². The van der Waals surface area contributed by atoms with Gasteiger partial charge in [0.15, 0.2) is 0 Å². The van der Waals surface area contributed by atoms with Gasteiger partial charge < -0.3 is 21.1 Å². The molecule has 0 saturated carbocycles. The molecule has 0 spiro atoms. The van der Waals surface area contributed by atoms with E-state index in [-0.39, 0.29) is 34.5 Å². The van der Waals surface area contributed by atoms with Gasteiger partial charge in [-0.2, -0.15) is 0 Å². The number of primary amides is 1. The fourth-order valence-electron chi connectivity index (χ4n) is 4.98. The van der Waals surface area contributed by atoms with E-state index in [4.69, 9.17) is 17.3 Å². The average Bonchev–Trinajstić information content (AvgIpc) is 3.25. The molecule has 4 rings (SSSR count). The van der Waals surface area contributed by atoms with Crippen LogP contribution in [0, 0.1) is 6.92 Å². The number of nitrogens with zero attached hydrogens (tertiary/aromatic N) is 2. The lowest BCUT2D eigenvalue weighted by molar-refractivity contribution is -0.147. The molecule has 1 aromatic heterocycles. The number of aliphatic hydroxyl groups is 1. The first-order valence-electron chi connectivity index (χ1n) is 12.9. The number of nitrogens with one attached hydrogen (secondary N) is 1. The summed E-state index contributed by atoms with van der Waals surface area (Å²) in [4.78, 5) is 45.2. The molecular weight excluding hydrogens is 548 g/mol. The van der Waals surface area contributed by atoms with E-state index in [2.05, 4.69) is 10.3 Å². The van der Waals surface area contributed by atoms with Crippen molar-refractivity contribution in [2.75, 3.05) is 5.88 Å². The molecule has 1 saturated heterocycles. The molecule has 3 atom stereocenters. The molecule has 0 bridgehead atoms. The minimum Gasteiger partial charge on any atom is -0.383 e. The number of rotatable bonds is 9. The van der Waals surface area contributed by atoms with E-state index in [1.54, 1.807) is 0 Å². The predicted octanol–water partition coefficient (Wildman–Crippen LogP) is 3.83. The highest BCUT2D eigenvalue weighted by atomic mass is 35.5. The number of amides is 3. The Kier molecular flexibility index (Phi) is 9.18. The maximum atomic E-state index is 13.9. The molecule has 8 nitrogen and oxygen atoms in total. The Morgan fingerprint density at radius 1 is 1.15 bits per heavy atom. The average molecular weight is 581 g/mol. The zero-order valence-corrected chi connectivity index (χ0v) is 24.2. The third-order valence-corrected chi connectivity index (χ3v) is 9.03. The monoisotopic (exact) mass is 580 g/mol. The second kappa shape index (κ2) is 12.4. The zero-order valence-electron chi connectivity index (χ0n) is 22.6. The van der Waals surface area contributed by atoms with Crippen LogP contribution in [0.15, 0.2) is 66.9 Å². The van der Waals surface area contributed by atoms with E-state index < -0.39 is 34.6 Å². The highest BCUT2D eigenvalue weighted by Gasteiger charge is 2.50. The standard InChI is InChI=1S/C30H33ClN4O4S/c1-18-9-7-8-12-20(18)16-34-28(38)26-30(2,3)40-17-35(26)29(39)25(36)22(15-19-10-5-4-6-11-19)24-23(31)21(27(32)37)13-14-33-24/h4-14,22,25-26,36H,15-17H2,1-3H3,(H2,32,37)(H,34,38)/t22-,25-,26+/m0/s1. The largest absolute Gasteiger partial charge is 0.383 e. The molecule has 40 heavy (non-hydrogen) atoms. The number of aliphatic hydroxyl groups excluding tert-OH is 1. The number of hydrogen-bond donors (Lipinski definition) is 3. The number of pyridine rings is 1. The molecule has 0 aliphatic carbocycles. The Labute approximate surface area is 243 Å². The normalized spacial score (nSPS) is 17.7. The fourth-order valence-corrected chi connectivity index (χ4v) is 6.46. The number of halogens is 1.